The van der Waals surface area contributed by atoms with Gasteiger partial charge < -0.3 is 5.32 Å². The molecular weight excluding hydrogens is 213 g/mol. The molecule has 1 atom stereocenters. The molecule has 0 amide bonds. The maximum absolute atomic E-state index is 13.1. The van der Waals surface area contributed by atoms with Crippen molar-refractivity contribution in [1.29, 1.82) is 0 Å². The molecule has 1 nitrogen and oxygen atoms in total. The Labute approximate surface area is 101 Å². The minimum absolute atomic E-state index is 0.165. The first kappa shape index (κ1) is 11.6. The number of anilines is 1. The second-order valence-corrected chi connectivity index (χ2v) is 4.23. The van der Waals surface area contributed by atoms with Gasteiger partial charge in [0.1, 0.15) is 5.82 Å². The van der Waals surface area contributed by atoms with Gasteiger partial charge in [0.05, 0.1) is 0 Å². The third-order valence-electron chi connectivity index (χ3n) is 2.86. The van der Waals surface area contributed by atoms with Gasteiger partial charge >= 0.3 is 0 Å². The standard InChI is InChI=1S/C15H16FN/c1-11-6-3-4-9-15(11)12(2)17-14-8-5-7-13(16)10-14/h3-10,12,17H,1-2H3. The Bertz CT molecular complexity index is 508. The van der Waals surface area contributed by atoms with Gasteiger partial charge in [0.15, 0.2) is 0 Å². The topological polar surface area (TPSA) is 12.0 Å². The van der Waals surface area contributed by atoms with Gasteiger partial charge in [-0.05, 0) is 43.2 Å². The smallest absolute Gasteiger partial charge is 0.125 e. The summed E-state index contributed by atoms with van der Waals surface area (Å²) in [5.74, 6) is -0.216. The van der Waals surface area contributed by atoms with Crippen molar-refractivity contribution in [2.45, 2.75) is 19.9 Å². The fraction of sp³-hybridized carbons (Fsp3) is 0.200. The van der Waals surface area contributed by atoms with E-state index in [2.05, 4.69) is 31.3 Å². The molecule has 2 heteroatoms. The van der Waals surface area contributed by atoms with Crippen LogP contribution < -0.4 is 5.32 Å². The van der Waals surface area contributed by atoms with Gasteiger partial charge in [-0.15, -0.1) is 0 Å². The summed E-state index contributed by atoms with van der Waals surface area (Å²) in [7, 11) is 0. The lowest BCUT2D eigenvalue weighted by atomic mass is 10.0. The molecule has 1 unspecified atom stereocenters. The summed E-state index contributed by atoms with van der Waals surface area (Å²) in [5.41, 5.74) is 3.28. The van der Waals surface area contributed by atoms with Crippen molar-refractivity contribution >= 4 is 5.69 Å². The van der Waals surface area contributed by atoms with Crippen LogP contribution in [-0.4, -0.2) is 0 Å². The molecule has 0 aliphatic carbocycles. The second-order valence-electron chi connectivity index (χ2n) is 4.23. The Morgan fingerprint density at radius 3 is 2.53 bits per heavy atom. The zero-order valence-corrected chi connectivity index (χ0v) is 10.1. The van der Waals surface area contributed by atoms with Crippen LogP contribution in [0.3, 0.4) is 0 Å². The highest BCUT2D eigenvalue weighted by atomic mass is 19.1. The Morgan fingerprint density at radius 2 is 1.82 bits per heavy atom. The molecule has 1 N–H and O–H groups in total. The van der Waals surface area contributed by atoms with E-state index in [1.807, 2.05) is 18.2 Å². The summed E-state index contributed by atoms with van der Waals surface area (Å²) in [6, 6.07) is 14.9. The molecule has 0 radical (unpaired) electrons. The number of halogens is 1. The molecular formula is C15H16FN. The van der Waals surface area contributed by atoms with Crippen molar-refractivity contribution in [3.8, 4) is 0 Å². The summed E-state index contributed by atoms with van der Waals surface area (Å²) >= 11 is 0. The number of rotatable bonds is 3. The number of hydrogen-bond donors (Lipinski definition) is 1. The number of benzene rings is 2. The van der Waals surface area contributed by atoms with E-state index in [9.17, 15) is 4.39 Å². The van der Waals surface area contributed by atoms with Crippen molar-refractivity contribution < 1.29 is 4.39 Å². The maximum atomic E-state index is 13.1. The first-order valence-electron chi connectivity index (χ1n) is 5.74. The van der Waals surface area contributed by atoms with E-state index < -0.39 is 0 Å². The second kappa shape index (κ2) is 5.00. The van der Waals surface area contributed by atoms with E-state index in [0.717, 1.165) is 5.69 Å². The van der Waals surface area contributed by atoms with Crippen molar-refractivity contribution in [2.24, 2.45) is 0 Å². The van der Waals surface area contributed by atoms with Gasteiger partial charge in [0.25, 0.3) is 0 Å². The largest absolute Gasteiger partial charge is 0.378 e. The van der Waals surface area contributed by atoms with E-state index >= 15 is 0 Å². The van der Waals surface area contributed by atoms with Gasteiger partial charge in [0.2, 0.25) is 0 Å². The Kier molecular flexibility index (Phi) is 3.43. The predicted molar refractivity (Wildman–Crippen MR) is 69.6 cm³/mol. The van der Waals surface area contributed by atoms with Gasteiger partial charge in [-0.2, -0.15) is 0 Å². The monoisotopic (exact) mass is 229 g/mol. The Morgan fingerprint density at radius 1 is 1.06 bits per heavy atom. The highest BCUT2D eigenvalue weighted by Crippen LogP contribution is 2.22. The summed E-state index contributed by atoms with van der Waals surface area (Å²) < 4.78 is 13.1. The molecule has 17 heavy (non-hydrogen) atoms. The molecule has 88 valence electrons. The molecule has 2 aromatic carbocycles. The van der Waals surface area contributed by atoms with Crippen molar-refractivity contribution in [2.75, 3.05) is 5.32 Å². The number of hydrogen-bond acceptors (Lipinski definition) is 1. The molecule has 2 rings (SSSR count). The van der Waals surface area contributed by atoms with E-state index in [1.165, 1.54) is 23.3 Å². The zero-order valence-electron chi connectivity index (χ0n) is 10.1. The van der Waals surface area contributed by atoms with Crippen molar-refractivity contribution in [3.05, 3.63) is 65.5 Å². The van der Waals surface area contributed by atoms with Gasteiger partial charge in [-0.1, -0.05) is 30.3 Å². The quantitative estimate of drug-likeness (QED) is 0.827. The first-order chi connectivity index (χ1) is 8.16. The third-order valence-corrected chi connectivity index (χ3v) is 2.86. The lowest BCUT2D eigenvalue weighted by Crippen LogP contribution is -2.08. The van der Waals surface area contributed by atoms with Crippen LogP contribution in [0.5, 0.6) is 0 Å². The van der Waals surface area contributed by atoms with Crippen LogP contribution in [0.2, 0.25) is 0 Å². The van der Waals surface area contributed by atoms with Gasteiger partial charge in [-0.3, -0.25) is 0 Å². The average Bonchev–Trinajstić information content (AvgIpc) is 2.29. The normalized spacial score (nSPS) is 12.2. The summed E-state index contributed by atoms with van der Waals surface area (Å²) in [6.45, 7) is 4.16. The molecule has 0 aliphatic heterocycles. The van der Waals surface area contributed by atoms with E-state index in [1.54, 1.807) is 6.07 Å². The minimum atomic E-state index is -0.216. The third kappa shape index (κ3) is 2.84. The van der Waals surface area contributed by atoms with Gasteiger partial charge in [-0.25, -0.2) is 4.39 Å². The van der Waals surface area contributed by atoms with Crippen LogP contribution in [0.1, 0.15) is 24.1 Å². The highest BCUT2D eigenvalue weighted by molar-refractivity contribution is 5.46. The van der Waals surface area contributed by atoms with Crippen LogP contribution in [0, 0.1) is 12.7 Å². The average molecular weight is 229 g/mol. The highest BCUT2D eigenvalue weighted by Gasteiger charge is 2.07. The van der Waals surface area contributed by atoms with E-state index in [4.69, 9.17) is 0 Å². The van der Waals surface area contributed by atoms with Gasteiger partial charge in [0, 0.05) is 11.7 Å². The molecule has 0 aliphatic rings. The van der Waals surface area contributed by atoms with Crippen molar-refractivity contribution in [3.63, 3.8) is 0 Å². The lowest BCUT2D eigenvalue weighted by Gasteiger charge is -2.17. The maximum Gasteiger partial charge on any atom is 0.125 e. The Balaban J connectivity index is 2.17. The van der Waals surface area contributed by atoms with E-state index in [0.29, 0.717) is 0 Å². The summed E-state index contributed by atoms with van der Waals surface area (Å²) in [5, 5.41) is 3.30. The zero-order chi connectivity index (χ0) is 12.3. The fourth-order valence-electron chi connectivity index (χ4n) is 1.98. The van der Waals surface area contributed by atoms with E-state index in [-0.39, 0.29) is 11.9 Å². The molecule has 0 saturated carbocycles. The van der Waals surface area contributed by atoms with Crippen LogP contribution >= 0.6 is 0 Å². The lowest BCUT2D eigenvalue weighted by molar-refractivity contribution is 0.628. The molecule has 0 heterocycles. The summed E-state index contributed by atoms with van der Waals surface area (Å²) in [4.78, 5) is 0. The fourth-order valence-corrected chi connectivity index (χ4v) is 1.98. The SMILES string of the molecule is Cc1ccccc1C(C)Nc1cccc(F)c1. The predicted octanol–water partition coefficient (Wildman–Crippen LogP) is 4.31. The molecule has 0 bridgehead atoms. The summed E-state index contributed by atoms with van der Waals surface area (Å²) in [6.07, 6.45) is 0. The number of aryl methyl sites for hydroxylation is 1. The molecule has 0 fully saturated rings. The van der Waals surface area contributed by atoms with Crippen LogP contribution in [0.25, 0.3) is 0 Å². The molecule has 2 aromatic rings. The molecule has 0 saturated heterocycles. The van der Waals surface area contributed by atoms with Crippen LogP contribution in [0.15, 0.2) is 48.5 Å². The van der Waals surface area contributed by atoms with Crippen LogP contribution in [-0.2, 0) is 0 Å². The van der Waals surface area contributed by atoms with Crippen molar-refractivity contribution in [1.82, 2.24) is 0 Å². The van der Waals surface area contributed by atoms with Crippen LogP contribution in [0.4, 0.5) is 10.1 Å². The number of nitrogens with one attached hydrogen (secondary N) is 1. The Hall–Kier alpha value is -1.83. The molecule has 0 aromatic heterocycles. The molecule has 0 spiro atoms. The first-order valence-corrected chi connectivity index (χ1v) is 5.74. The minimum Gasteiger partial charge on any atom is -0.378 e.